The summed E-state index contributed by atoms with van der Waals surface area (Å²) < 4.78 is 2.03. The van der Waals surface area contributed by atoms with Gasteiger partial charge in [-0.2, -0.15) is 5.26 Å². The van der Waals surface area contributed by atoms with Gasteiger partial charge in [0.15, 0.2) is 0 Å². The molecular weight excluding hydrogens is 222 g/mol. The smallest absolute Gasteiger partial charge is 0.0942 e. The van der Waals surface area contributed by atoms with Crippen molar-refractivity contribution in [3.05, 3.63) is 60.6 Å². The van der Waals surface area contributed by atoms with Gasteiger partial charge < -0.3 is 4.40 Å². The highest BCUT2D eigenvalue weighted by atomic mass is 14.9. The fourth-order valence-corrected chi connectivity index (χ4v) is 2.14. The molecule has 0 aliphatic carbocycles. The maximum atomic E-state index is 8.80. The minimum Gasteiger partial charge on any atom is -0.316 e. The highest BCUT2D eigenvalue weighted by Gasteiger charge is 2.07. The van der Waals surface area contributed by atoms with E-state index in [1.165, 1.54) is 0 Å². The molecule has 3 nitrogen and oxygen atoms in total. The van der Waals surface area contributed by atoms with Crippen LogP contribution in [-0.4, -0.2) is 9.38 Å². The first-order valence-corrected chi connectivity index (χ1v) is 5.77. The second-order valence-corrected chi connectivity index (χ2v) is 4.06. The van der Waals surface area contributed by atoms with Gasteiger partial charge in [-0.15, -0.1) is 0 Å². The van der Waals surface area contributed by atoms with Gasteiger partial charge in [0.2, 0.25) is 0 Å². The number of rotatable bonds is 2. The molecule has 2 aromatic heterocycles. The molecule has 0 radical (unpaired) electrons. The van der Waals surface area contributed by atoms with Crippen molar-refractivity contribution in [2.75, 3.05) is 0 Å². The largest absolute Gasteiger partial charge is 0.316 e. The Kier molecular flexibility index (Phi) is 2.54. The first-order chi connectivity index (χ1) is 8.90. The van der Waals surface area contributed by atoms with Crippen LogP contribution in [0.5, 0.6) is 0 Å². The number of aromatic nitrogens is 2. The van der Waals surface area contributed by atoms with Crippen molar-refractivity contribution in [1.82, 2.24) is 9.38 Å². The second-order valence-electron chi connectivity index (χ2n) is 4.06. The van der Waals surface area contributed by atoms with E-state index in [-0.39, 0.29) is 0 Å². The van der Waals surface area contributed by atoms with Crippen LogP contribution >= 0.6 is 0 Å². The monoisotopic (exact) mass is 233 g/mol. The highest BCUT2D eigenvalue weighted by Crippen LogP contribution is 2.23. The van der Waals surface area contributed by atoms with Crippen LogP contribution in [0.4, 0.5) is 0 Å². The van der Waals surface area contributed by atoms with Gasteiger partial charge in [0.25, 0.3) is 0 Å². The van der Waals surface area contributed by atoms with E-state index in [1.54, 1.807) is 6.20 Å². The predicted molar refractivity (Wildman–Crippen MR) is 69.9 cm³/mol. The van der Waals surface area contributed by atoms with Gasteiger partial charge in [0, 0.05) is 23.7 Å². The maximum absolute atomic E-state index is 8.80. The molecule has 3 rings (SSSR count). The number of hydrogen-bond donors (Lipinski definition) is 0. The van der Waals surface area contributed by atoms with Crippen molar-refractivity contribution in [1.29, 1.82) is 5.26 Å². The maximum Gasteiger partial charge on any atom is 0.0942 e. The Morgan fingerprint density at radius 2 is 1.94 bits per heavy atom. The quantitative estimate of drug-likeness (QED) is 0.682. The van der Waals surface area contributed by atoms with Crippen molar-refractivity contribution in [3.63, 3.8) is 0 Å². The van der Waals surface area contributed by atoms with Gasteiger partial charge in [-0.25, -0.2) is 0 Å². The normalized spacial score (nSPS) is 10.4. The van der Waals surface area contributed by atoms with Crippen LogP contribution in [0.15, 0.2) is 54.9 Å². The van der Waals surface area contributed by atoms with E-state index >= 15 is 0 Å². The Labute approximate surface area is 105 Å². The van der Waals surface area contributed by atoms with Gasteiger partial charge in [-0.1, -0.05) is 30.3 Å². The lowest BCUT2D eigenvalue weighted by Crippen LogP contribution is -1.94. The number of nitrogens with zero attached hydrogens (tertiary/aromatic N) is 3. The zero-order chi connectivity index (χ0) is 12.4. The molecule has 0 saturated heterocycles. The minimum atomic E-state index is 0.409. The van der Waals surface area contributed by atoms with Crippen molar-refractivity contribution in [2.45, 2.75) is 6.42 Å². The molecule has 18 heavy (non-hydrogen) atoms. The molecule has 0 aliphatic rings. The van der Waals surface area contributed by atoms with Gasteiger partial charge in [-0.05, 0) is 12.1 Å². The van der Waals surface area contributed by atoms with Crippen molar-refractivity contribution >= 4 is 5.52 Å². The fraction of sp³-hybridized carbons (Fsp3) is 0.0667. The molecule has 0 amide bonds. The van der Waals surface area contributed by atoms with Gasteiger partial charge in [0.1, 0.15) is 0 Å². The SMILES string of the molecule is N#CCc1ccc2c(-c3ccccc3)nccn12. The molecule has 1 aromatic carbocycles. The lowest BCUT2D eigenvalue weighted by molar-refractivity contribution is 1.04. The lowest BCUT2D eigenvalue weighted by atomic mass is 10.1. The zero-order valence-corrected chi connectivity index (χ0v) is 9.74. The number of hydrogen-bond acceptors (Lipinski definition) is 2. The third-order valence-electron chi connectivity index (χ3n) is 2.97. The average molecular weight is 233 g/mol. The van der Waals surface area contributed by atoms with Gasteiger partial charge in [0.05, 0.1) is 23.7 Å². The molecule has 0 fully saturated rings. The molecule has 0 bridgehead atoms. The van der Waals surface area contributed by atoms with Crippen LogP contribution in [0.1, 0.15) is 5.69 Å². The van der Waals surface area contributed by atoms with E-state index in [0.29, 0.717) is 6.42 Å². The third-order valence-corrected chi connectivity index (χ3v) is 2.97. The van der Waals surface area contributed by atoms with Crippen LogP contribution in [0.25, 0.3) is 16.8 Å². The van der Waals surface area contributed by atoms with E-state index in [9.17, 15) is 0 Å². The van der Waals surface area contributed by atoms with E-state index in [0.717, 1.165) is 22.5 Å². The van der Waals surface area contributed by atoms with E-state index in [1.807, 2.05) is 53.1 Å². The van der Waals surface area contributed by atoms with Crippen LogP contribution in [0.2, 0.25) is 0 Å². The van der Waals surface area contributed by atoms with Crippen LogP contribution < -0.4 is 0 Å². The van der Waals surface area contributed by atoms with Crippen molar-refractivity contribution < 1.29 is 0 Å². The molecular formula is C15H11N3. The Bertz CT molecular complexity index is 720. The Morgan fingerprint density at radius 3 is 2.72 bits per heavy atom. The van der Waals surface area contributed by atoms with Gasteiger partial charge >= 0.3 is 0 Å². The third kappa shape index (κ3) is 1.64. The Balaban J connectivity index is 2.23. The molecule has 0 unspecified atom stereocenters. The zero-order valence-electron chi connectivity index (χ0n) is 9.74. The number of fused-ring (bicyclic) bond motifs is 1. The van der Waals surface area contributed by atoms with Crippen LogP contribution in [0, 0.1) is 11.3 Å². The molecule has 0 saturated carbocycles. The molecule has 86 valence electrons. The average Bonchev–Trinajstić information content (AvgIpc) is 2.84. The van der Waals surface area contributed by atoms with Gasteiger partial charge in [-0.3, -0.25) is 4.98 Å². The van der Waals surface area contributed by atoms with Crippen LogP contribution in [-0.2, 0) is 6.42 Å². The minimum absolute atomic E-state index is 0.409. The molecule has 3 aromatic rings. The Hall–Kier alpha value is -2.60. The summed E-state index contributed by atoms with van der Waals surface area (Å²) in [6.07, 6.45) is 4.08. The molecule has 0 atom stereocenters. The summed E-state index contributed by atoms with van der Waals surface area (Å²) in [5, 5.41) is 8.80. The van der Waals surface area contributed by atoms with E-state index < -0.39 is 0 Å². The standard InChI is InChI=1S/C15H11N3/c16-9-8-13-6-7-14-15(17-10-11-18(13)14)12-4-2-1-3-5-12/h1-7,10-11H,8H2. The molecule has 0 aliphatic heterocycles. The van der Waals surface area contributed by atoms with E-state index in [4.69, 9.17) is 5.26 Å². The predicted octanol–water partition coefficient (Wildman–Crippen LogP) is 3.07. The molecule has 2 heterocycles. The summed E-state index contributed by atoms with van der Waals surface area (Å²) >= 11 is 0. The molecule has 0 N–H and O–H groups in total. The van der Waals surface area contributed by atoms with Crippen LogP contribution in [0.3, 0.4) is 0 Å². The number of benzene rings is 1. The molecule has 3 heteroatoms. The summed E-state index contributed by atoms with van der Waals surface area (Å²) in [6, 6.07) is 16.2. The number of nitriles is 1. The summed E-state index contributed by atoms with van der Waals surface area (Å²) in [6.45, 7) is 0. The summed E-state index contributed by atoms with van der Waals surface area (Å²) in [5.41, 5.74) is 4.06. The van der Waals surface area contributed by atoms with E-state index in [2.05, 4.69) is 11.1 Å². The highest BCUT2D eigenvalue weighted by molar-refractivity contribution is 5.77. The first-order valence-electron chi connectivity index (χ1n) is 5.77. The van der Waals surface area contributed by atoms with Crippen molar-refractivity contribution in [2.24, 2.45) is 0 Å². The first kappa shape index (κ1) is 10.5. The fourth-order valence-electron chi connectivity index (χ4n) is 2.14. The summed E-state index contributed by atoms with van der Waals surface area (Å²) in [4.78, 5) is 4.45. The lowest BCUT2D eigenvalue weighted by Gasteiger charge is -2.05. The summed E-state index contributed by atoms with van der Waals surface area (Å²) in [7, 11) is 0. The topological polar surface area (TPSA) is 41.1 Å². The summed E-state index contributed by atoms with van der Waals surface area (Å²) in [5.74, 6) is 0. The Morgan fingerprint density at radius 1 is 1.11 bits per heavy atom. The molecule has 0 spiro atoms. The van der Waals surface area contributed by atoms with Crippen molar-refractivity contribution in [3.8, 4) is 17.3 Å². The second kappa shape index (κ2) is 4.34.